The molecule has 0 aromatic heterocycles. The van der Waals surface area contributed by atoms with E-state index in [1.54, 1.807) is 0 Å². The zero-order chi connectivity index (χ0) is 11.8. The standard InChI is InChI=1S/C16H14O/c1-11-6-7-12-9-13-4-2-3-5-15(13)16(17)10-14(12)8-11/h2-8H,9-10H2,1H3. The Kier molecular flexibility index (Phi) is 2.32. The Morgan fingerprint density at radius 1 is 0.882 bits per heavy atom. The lowest BCUT2D eigenvalue weighted by molar-refractivity contribution is 0.0993. The van der Waals surface area contributed by atoms with Crippen molar-refractivity contribution >= 4 is 5.78 Å². The normalized spacial score (nSPS) is 13.8. The second kappa shape index (κ2) is 3.85. The van der Waals surface area contributed by atoms with Gasteiger partial charge in [0.25, 0.3) is 0 Å². The molecule has 1 nitrogen and oxygen atoms in total. The van der Waals surface area contributed by atoms with Crippen molar-refractivity contribution in [2.75, 3.05) is 0 Å². The van der Waals surface area contributed by atoms with Gasteiger partial charge in [0.2, 0.25) is 0 Å². The summed E-state index contributed by atoms with van der Waals surface area (Å²) in [6.07, 6.45) is 1.41. The lowest BCUT2D eigenvalue weighted by Gasteiger charge is -2.05. The molecule has 2 aromatic carbocycles. The third-order valence-corrected chi connectivity index (χ3v) is 3.41. The summed E-state index contributed by atoms with van der Waals surface area (Å²) < 4.78 is 0. The number of Topliss-reactive ketones (excluding diaryl/α,β-unsaturated/α-hetero) is 1. The molecule has 0 heterocycles. The molecule has 0 saturated heterocycles. The monoisotopic (exact) mass is 222 g/mol. The number of ketones is 1. The van der Waals surface area contributed by atoms with Crippen molar-refractivity contribution in [3.63, 3.8) is 0 Å². The fourth-order valence-electron chi connectivity index (χ4n) is 2.51. The largest absolute Gasteiger partial charge is 0.294 e. The molecule has 0 saturated carbocycles. The number of aryl methyl sites for hydroxylation is 1. The summed E-state index contributed by atoms with van der Waals surface area (Å²) in [4.78, 5) is 12.2. The minimum atomic E-state index is 0.241. The highest BCUT2D eigenvalue weighted by atomic mass is 16.1. The van der Waals surface area contributed by atoms with Gasteiger partial charge in [-0.05, 0) is 30.0 Å². The summed E-state index contributed by atoms with van der Waals surface area (Å²) in [5.74, 6) is 0.241. The van der Waals surface area contributed by atoms with Gasteiger partial charge in [0.15, 0.2) is 5.78 Å². The van der Waals surface area contributed by atoms with Gasteiger partial charge in [0, 0.05) is 12.0 Å². The molecule has 0 N–H and O–H groups in total. The smallest absolute Gasteiger partial charge is 0.167 e. The molecular formula is C16H14O. The van der Waals surface area contributed by atoms with Crippen molar-refractivity contribution in [2.24, 2.45) is 0 Å². The van der Waals surface area contributed by atoms with Crippen molar-refractivity contribution < 1.29 is 4.79 Å². The molecule has 84 valence electrons. The van der Waals surface area contributed by atoms with E-state index in [2.05, 4.69) is 31.2 Å². The van der Waals surface area contributed by atoms with Gasteiger partial charge in [-0.25, -0.2) is 0 Å². The maximum atomic E-state index is 12.2. The molecule has 3 rings (SSSR count). The maximum Gasteiger partial charge on any atom is 0.167 e. The minimum Gasteiger partial charge on any atom is -0.294 e. The van der Waals surface area contributed by atoms with E-state index in [1.165, 1.54) is 16.7 Å². The van der Waals surface area contributed by atoms with E-state index in [1.807, 2.05) is 18.2 Å². The van der Waals surface area contributed by atoms with Crippen molar-refractivity contribution in [1.82, 2.24) is 0 Å². The van der Waals surface area contributed by atoms with Crippen molar-refractivity contribution in [2.45, 2.75) is 19.8 Å². The van der Waals surface area contributed by atoms with Crippen LogP contribution < -0.4 is 0 Å². The molecule has 0 spiro atoms. The third-order valence-electron chi connectivity index (χ3n) is 3.41. The summed E-state index contributed by atoms with van der Waals surface area (Å²) in [6.45, 7) is 2.07. The van der Waals surface area contributed by atoms with Crippen LogP contribution in [0.4, 0.5) is 0 Å². The molecule has 0 fully saturated rings. The number of fused-ring (bicyclic) bond motifs is 2. The van der Waals surface area contributed by atoms with Crippen LogP contribution in [0.25, 0.3) is 0 Å². The van der Waals surface area contributed by atoms with Gasteiger partial charge < -0.3 is 0 Å². The number of hydrogen-bond acceptors (Lipinski definition) is 1. The zero-order valence-electron chi connectivity index (χ0n) is 9.86. The first-order valence-electron chi connectivity index (χ1n) is 5.93. The average Bonchev–Trinajstić information content (AvgIpc) is 2.46. The van der Waals surface area contributed by atoms with Gasteiger partial charge in [0.05, 0.1) is 0 Å². The van der Waals surface area contributed by atoms with Crippen molar-refractivity contribution in [3.05, 3.63) is 70.3 Å². The minimum absolute atomic E-state index is 0.241. The molecule has 1 aliphatic rings. The number of rotatable bonds is 0. The fourth-order valence-corrected chi connectivity index (χ4v) is 2.51. The van der Waals surface area contributed by atoms with Crippen LogP contribution in [-0.4, -0.2) is 5.78 Å². The Morgan fingerprint density at radius 2 is 1.71 bits per heavy atom. The molecule has 0 unspecified atom stereocenters. The first-order valence-corrected chi connectivity index (χ1v) is 5.93. The Bertz CT molecular complexity index is 596. The fraction of sp³-hybridized carbons (Fsp3) is 0.188. The molecule has 0 bridgehead atoms. The van der Waals surface area contributed by atoms with Gasteiger partial charge in [-0.3, -0.25) is 4.79 Å². The van der Waals surface area contributed by atoms with E-state index in [-0.39, 0.29) is 5.78 Å². The Balaban J connectivity index is 2.17. The van der Waals surface area contributed by atoms with E-state index in [0.717, 1.165) is 17.5 Å². The van der Waals surface area contributed by atoms with Gasteiger partial charge in [-0.15, -0.1) is 0 Å². The third kappa shape index (κ3) is 1.78. The average molecular weight is 222 g/mol. The zero-order valence-corrected chi connectivity index (χ0v) is 9.86. The first-order chi connectivity index (χ1) is 8.24. The molecule has 17 heavy (non-hydrogen) atoms. The van der Waals surface area contributed by atoms with E-state index in [0.29, 0.717) is 6.42 Å². The van der Waals surface area contributed by atoms with E-state index < -0.39 is 0 Å². The molecule has 0 amide bonds. The first kappa shape index (κ1) is 10.3. The molecule has 1 heteroatoms. The molecule has 1 aliphatic carbocycles. The predicted molar refractivity (Wildman–Crippen MR) is 68.5 cm³/mol. The van der Waals surface area contributed by atoms with Crippen LogP contribution in [0, 0.1) is 6.92 Å². The van der Waals surface area contributed by atoms with Crippen LogP contribution >= 0.6 is 0 Å². The van der Waals surface area contributed by atoms with E-state index >= 15 is 0 Å². The molecule has 0 aliphatic heterocycles. The highest BCUT2D eigenvalue weighted by molar-refractivity contribution is 5.99. The van der Waals surface area contributed by atoms with Crippen LogP contribution in [0.2, 0.25) is 0 Å². The second-order valence-corrected chi connectivity index (χ2v) is 4.71. The lowest BCUT2D eigenvalue weighted by atomic mass is 9.99. The molecule has 2 aromatic rings. The number of carbonyl (C=O) groups excluding carboxylic acids is 1. The Morgan fingerprint density at radius 3 is 2.59 bits per heavy atom. The van der Waals surface area contributed by atoms with E-state index in [9.17, 15) is 4.79 Å². The van der Waals surface area contributed by atoms with Gasteiger partial charge in [0.1, 0.15) is 0 Å². The topological polar surface area (TPSA) is 17.1 Å². The summed E-state index contributed by atoms with van der Waals surface area (Å²) in [5, 5.41) is 0. The highest BCUT2D eigenvalue weighted by Crippen LogP contribution is 2.24. The second-order valence-electron chi connectivity index (χ2n) is 4.71. The van der Waals surface area contributed by atoms with E-state index in [4.69, 9.17) is 0 Å². The van der Waals surface area contributed by atoms with Crippen molar-refractivity contribution in [3.8, 4) is 0 Å². The summed E-state index contributed by atoms with van der Waals surface area (Å²) in [5.41, 5.74) is 5.74. The maximum absolute atomic E-state index is 12.2. The number of carbonyl (C=O) groups is 1. The number of hydrogen-bond donors (Lipinski definition) is 0. The lowest BCUT2D eigenvalue weighted by Crippen LogP contribution is -2.03. The summed E-state index contributed by atoms with van der Waals surface area (Å²) in [7, 11) is 0. The SMILES string of the molecule is Cc1ccc2c(c1)CC(=O)c1ccccc1C2. The van der Waals surface area contributed by atoms with Gasteiger partial charge in [-0.2, -0.15) is 0 Å². The van der Waals surface area contributed by atoms with Crippen LogP contribution in [-0.2, 0) is 12.8 Å². The molecule has 0 radical (unpaired) electrons. The summed E-state index contributed by atoms with van der Waals surface area (Å²) >= 11 is 0. The van der Waals surface area contributed by atoms with Crippen molar-refractivity contribution in [1.29, 1.82) is 0 Å². The molecular weight excluding hydrogens is 208 g/mol. The van der Waals surface area contributed by atoms with Crippen LogP contribution in [0.1, 0.15) is 32.6 Å². The quantitative estimate of drug-likeness (QED) is 0.668. The Hall–Kier alpha value is -1.89. The van der Waals surface area contributed by atoms with Gasteiger partial charge >= 0.3 is 0 Å². The van der Waals surface area contributed by atoms with Crippen LogP contribution in [0.15, 0.2) is 42.5 Å². The summed E-state index contributed by atoms with van der Waals surface area (Å²) in [6, 6.07) is 14.4. The highest BCUT2D eigenvalue weighted by Gasteiger charge is 2.18. The number of benzene rings is 2. The molecule has 0 atom stereocenters. The van der Waals surface area contributed by atoms with Gasteiger partial charge in [-0.1, -0.05) is 48.0 Å². The van der Waals surface area contributed by atoms with Crippen LogP contribution in [0.5, 0.6) is 0 Å². The Labute approximate surface area is 101 Å². The van der Waals surface area contributed by atoms with Crippen LogP contribution in [0.3, 0.4) is 0 Å². The predicted octanol–water partition coefficient (Wildman–Crippen LogP) is 3.32.